The second-order valence-corrected chi connectivity index (χ2v) is 13.4. The van der Waals surface area contributed by atoms with Gasteiger partial charge in [0.25, 0.3) is 0 Å². The number of fused-ring (bicyclic) bond motifs is 2. The number of nitriles is 1. The standard InChI is InChI=1S/C31H30ClF2N5O4S/c1-30(2,3)43-29(41)38-27-19(13-35)22-17(7-6-8-21(22)44-27)23-20(32)11-18-25(24(23)34)36-28(37-26(18)40)42-15-31(4)14-39(5)10-9-16(31)12-33/h6-8,11-12H,9-10,14-15H2,1-5H3,(H,38,41)(H,36,37,40)/b16-12+/t31-/m0/s1. The van der Waals surface area contributed by atoms with Crippen molar-refractivity contribution < 1.29 is 28.2 Å². The maximum absolute atomic E-state index is 16.4. The number of nitrogens with one attached hydrogen (secondary N) is 1. The number of hydrogen-bond donors (Lipinski definition) is 2. The minimum Gasteiger partial charge on any atom is -0.493 e. The molecule has 0 spiro atoms. The Kier molecular flexibility index (Phi) is 8.41. The molecule has 0 unspecified atom stereocenters. The van der Waals surface area contributed by atoms with E-state index >= 15 is 4.39 Å². The molecule has 1 aliphatic rings. The van der Waals surface area contributed by atoms with Crippen molar-refractivity contribution >= 4 is 55.0 Å². The lowest BCUT2D eigenvalue weighted by molar-refractivity contribution is 0.0636. The Morgan fingerprint density at radius 1 is 1.36 bits per heavy atom. The molecular weight excluding hydrogens is 612 g/mol. The highest BCUT2D eigenvalue weighted by Crippen LogP contribution is 2.45. The first-order valence-electron chi connectivity index (χ1n) is 13.7. The molecule has 1 saturated heterocycles. The van der Waals surface area contributed by atoms with E-state index in [-0.39, 0.29) is 50.2 Å². The van der Waals surface area contributed by atoms with E-state index in [1.807, 2.05) is 14.0 Å². The Balaban J connectivity index is 1.58. The zero-order chi connectivity index (χ0) is 32.0. The van der Waals surface area contributed by atoms with Gasteiger partial charge in [-0.25, -0.2) is 13.6 Å². The number of carbonyl (C=O) groups is 1. The highest BCUT2D eigenvalue weighted by atomic mass is 35.5. The number of anilines is 1. The maximum atomic E-state index is 16.4. The van der Waals surface area contributed by atoms with Crippen LogP contribution in [0.2, 0.25) is 5.02 Å². The summed E-state index contributed by atoms with van der Waals surface area (Å²) in [5.74, 6) is -1.41. The number of aromatic hydroxyl groups is 1. The molecule has 13 heteroatoms. The van der Waals surface area contributed by atoms with Crippen LogP contribution >= 0.6 is 22.9 Å². The quantitative estimate of drug-likeness (QED) is 0.226. The van der Waals surface area contributed by atoms with E-state index in [4.69, 9.17) is 21.1 Å². The number of carbonyl (C=O) groups excluding carboxylic acids is 1. The molecule has 2 N–H and O–H groups in total. The van der Waals surface area contributed by atoms with Gasteiger partial charge in [0.2, 0.25) is 5.88 Å². The number of rotatable bonds is 5. The lowest BCUT2D eigenvalue weighted by Gasteiger charge is -2.39. The van der Waals surface area contributed by atoms with Crippen LogP contribution in [0.5, 0.6) is 11.9 Å². The fourth-order valence-electron chi connectivity index (χ4n) is 5.36. The van der Waals surface area contributed by atoms with Crippen LogP contribution in [-0.2, 0) is 4.74 Å². The number of amides is 1. The normalized spacial score (nSPS) is 18.5. The minimum atomic E-state index is -0.868. The summed E-state index contributed by atoms with van der Waals surface area (Å²) in [5.41, 5.74) is -0.780. The van der Waals surface area contributed by atoms with Crippen LogP contribution in [0.1, 0.15) is 39.7 Å². The number of ether oxygens (including phenoxy) is 2. The number of aromatic nitrogens is 2. The lowest BCUT2D eigenvalue weighted by atomic mass is 9.78. The third-order valence-electron chi connectivity index (χ3n) is 7.36. The third-order valence-corrected chi connectivity index (χ3v) is 8.73. The Morgan fingerprint density at radius 2 is 2.11 bits per heavy atom. The van der Waals surface area contributed by atoms with E-state index in [9.17, 15) is 19.6 Å². The van der Waals surface area contributed by atoms with Gasteiger partial charge in [-0.05, 0) is 57.5 Å². The molecule has 1 aliphatic heterocycles. The molecule has 0 saturated carbocycles. The van der Waals surface area contributed by atoms with Gasteiger partial charge in [0.1, 0.15) is 28.8 Å². The van der Waals surface area contributed by atoms with E-state index < -0.39 is 28.8 Å². The number of benzene rings is 2. The van der Waals surface area contributed by atoms with Crippen LogP contribution < -0.4 is 10.1 Å². The predicted octanol–water partition coefficient (Wildman–Crippen LogP) is 7.80. The van der Waals surface area contributed by atoms with Crippen molar-refractivity contribution in [3.63, 3.8) is 0 Å². The molecule has 0 bridgehead atoms. The van der Waals surface area contributed by atoms with Crippen molar-refractivity contribution in [2.75, 3.05) is 32.1 Å². The zero-order valence-corrected chi connectivity index (χ0v) is 26.3. The van der Waals surface area contributed by atoms with Crippen LogP contribution in [0.25, 0.3) is 32.1 Å². The fraction of sp³-hybridized carbons (Fsp3) is 0.355. The third kappa shape index (κ3) is 6.00. The summed E-state index contributed by atoms with van der Waals surface area (Å²) < 4.78 is 41.8. The molecule has 2 aromatic carbocycles. The van der Waals surface area contributed by atoms with Gasteiger partial charge in [-0.1, -0.05) is 30.7 Å². The topological polar surface area (TPSA) is 121 Å². The van der Waals surface area contributed by atoms with Gasteiger partial charge < -0.3 is 19.5 Å². The van der Waals surface area contributed by atoms with Crippen molar-refractivity contribution in [1.29, 1.82) is 5.26 Å². The first-order valence-corrected chi connectivity index (χ1v) is 14.9. The van der Waals surface area contributed by atoms with E-state index in [2.05, 4.69) is 26.3 Å². The molecule has 0 radical (unpaired) electrons. The zero-order valence-electron chi connectivity index (χ0n) is 24.7. The minimum absolute atomic E-state index is 0.00667. The molecular formula is C31H30ClF2N5O4S. The average Bonchev–Trinajstić information content (AvgIpc) is 3.29. The number of likely N-dealkylation sites (tertiary alicyclic amines) is 1. The molecule has 1 amide bonds. The molecule has 1 fully saturated rings. The first-order chi connectivity index (χ1) is 20.7. The van der Waals surface area contributed by atoms with Crippen molar-refractivity contribution in [1.82, 2.24) is 14.9 Å². The highest BCUT2D eigenvalue weighted by Gasteiger charge is 2.36. The monoisotopic (exact) mass is 641 g/mol. The Hall–Kier alpha value is -4.05. The first kappa shape index (κ1) is 31.4. The summed E-state index contributed by atoms with van der Waals surface area (Å²) >= 11 is 7.72. The van der Waals surface area contributed by atoms with Gasteiger partial charge in [0.15, 0.2) is 5.82 Å². The summed E-state index contributed by atoms with van der Waals surface area (Å²) in [7, 11) is 1.93. The Labute approximate surface area is 261 Å². The van der Waals surface area contributed by atoms with Gasteiger partial charge >= 0.3 is 12.1 Å². The van der Waals surface area contributed by atoms with Gasteiger partial charge in [-0.2, -0.15) is 15.2 Å². The molecule has 44 heavy (non-hydrogen) atoms. The lowest BCUT2D eigenvalue weighted by Crippen LogP contribution is -2.44. The summed E-state index contributed by atoms with van der Waals surface area (Å²) in [6.45, 7) is 8.23. The summed E-state index contributed by atoms with van der Waals surface area (Å²) in [4.78, 5) is 22.8. The van der Waals surface area contributed by atoms with Gasteiger partial charge in [0, 0.05) is 34.2 Å². The van der Waals surface area contributed by atoms with Crippen LogP contribution in [-0.4, -0.2) is 58.4 Å². The van der Waals surface area contributed by atoms with Crippen molar-refractivity contribution in [2.24, 2.45) is 5.41 Å². The molecule has 0 aliphatic carbocycles. The van der Waals surface area contributed by atoms with Crippen molar-refractivity contribution in [3.05, 3.63) is 52.6 Å². The summed E-state index contributed by atoms with van der Waals surface area (Å²) in [5, 5.41) is 23.9. The number of nitrogens with zero attached hydrogens (tertiary/aromatic N) is 4. The Bertz CT molecular complexity index is 1870. The van der Waals surface area contributed by atoms with Crippen LogP contribution in [0.4, 0.5) is 18.6 Å². The summed E-state index contributed by atoms with van der Waals surface area (Å²) in [6.07, 6.45) is 0.388. The van der Waals surface area contributed by atoms with Gasteiger partial charge in [-0.15, -0.1) is 11.3 Å². The molecule has 9 nitrogen and oxygen atoms in total. The van der Waals surface area contributed by atoms with E-state index in [0.717, 1.165) is 11.3 Å². The number of halogens is 3. The highest BCUT2D eigenvalue weighted by molar-refractivity contribution is 7.23. The fourth-order valence-corrected chi connectivity index (χ4v) is 6.72. The molecule has 230 valence electrons. The van der Waals surface area contributed by atoms with E-state index in [1.54, 1.807) is 39.0 Å². The molecule has 2 aromatic heterocycles. The predicted molar refractivity (Wildman–Crippen MR) is 166 cm³/mol. The van der Waals surface area contributed by atoms with Crippen LogP contribution in [0, 0.1) is 22.6 Å². The van der Waals surface area contributed by atoms with Crippen LogP contribution in [0.3, 0.4) is 0 Å². The Morgan fingerprint density at radius 3 is 2.80 bits per heavy atom. The second kappa shape index (κ2) is 11.8. The molecule has 4 aromatic rings. The largest absolute Gasteiger partial charge is 0.493 e. The SMILES string of the molecule is CN1CC/C(=C\F)[C@](C)(COc2nc(O)c3cc(Cl)c(-c4cccc5sc(NC(=O)OC(C)(C)C)c(C#N)c45)c(F)c3n2)C1. The van der Waals surface area contributed by atoms with Crippen molar-refractivity contribution in [3.8, 4) is 29.1 Å². The van der Waals surface area contributed by atoms with Gasteiger partial charge in [0.05, 0.1) is 22.3 Å². The maximum Gasteiger partial charge on any atom is 0.412 e. The molecule has 5 rings (SSSR count). The average molecular weight is 642 g/mol. The number of hydrogen-bond acceptors (Lipinski definition) is 9. The molecule has 3 heterocycles. The molecule has 1 atom stereocenters. The van der Waals surface area contributed by atoms with Gasteiger partial charge in [-0.3, -0.25) is 5.32 Å². The number of piperidine rings is 1. The smallest absolute Gasteiger partial charge is 0.412 e. The summed E-state index contributed by atoms with van der Waals surface area (Å²) in [6, 6.07) is 8.18. The van der Waals surface area contributed by atoms with E-state index in [1.165, 1.54) is 6.07 Å². The number of thiophene rings is 1. The van der Waals surface area contributed by atoms with E-state index in [0.29, 0.717) is 41.5 Å². The second-order valence-electron chi connectivity index (χ2n) is 12.0. The van der Waals surface area contributed by atoms with Crippen LogP contribution in [0.15, 0.2) is 36.2 Å². The van der Waals surface area contributed by atoms with Crippen molar-refractivity contribution in [2.45, 2.75) is 39.7 Å².